The van der Waals surface area contributed by atoms with E-state index in [1.54, 1.807) is 0 Å². The minimum atomic E-state index is -0.00627. The lowest BCUT2D eigenvalue weighted by Gasteiger charge is -2.27. The summed E-state index contributed by atoms with van der Waals surface area (Å²) in [6, 6.07) is 1.20. The molecule has 0 aromatic rings. The second-order valence-corrected chi connectivity index (χ2v) is 18.3. The molecule has 2 atom stereocenters. The summed E-state index contributed by atoms with van der Waals surface area (Å²) in [5, 5.41) is 4.10. The van der Waals surface area contributed by atoms with Gasteiger partial charge in [-0.2, -0.15) is 0 Å². The molecule has 1 rings (SSSR count). The topological polar surface area (TPSA) is 73.9 Å². The fourth-order valence-corrected chi connectivity index (χ4v) is 8.62. The maximum Gasteiger partial charge on any atom is 0.306 e. The number of unbranched alkanes of at least 4 members (excludes halogenated alkanes) is 21. The number of carbonyl (C=O) groups excluding carboxylic acids is 2. The average molecular weight is 806 g/mol. The molecule has 0 amide bonds. The summed E-state index contributed by atoms with van der Waals surface area (Å²) in [6.45, 7) is 11.5. The van der Waals surface area contributed by atoms with Crippen LogP contribution in [-0.2, 0) is 23.8 Å². The average Bonchev–Trinajstić information content (AvgIpc) is 3.19. The van der Waals surface area contributed by atoms with Gasteiger partial charge in [-0.25, -0.2) is 0 Å². The third-order valence-corrected chi connectivity index (χ3v) is 12.5. The van der Waals surface area contributed by atoms with Crippen molar-refractivity contribution in [2.75, 3.05) is 19.8 Å². The highest BCUT2D eigenvalue weighted by Crippen LogP contribution is 2.21. The first-order valence-corrected chi connectivity index (χ1v) is 25.7. The van der Waals surface area contributed by atoms with E-state index in [9.17, 15) is 9.59 Å². The quantitative estimate of drug-likeness (QED) is 0.0490. The summed E-state index contributed by atoms with van der Waals surface area (Å²) < 4.78 is 17.4. The van der Waals surface area contributed by atoms with E-state index < -0.39 is 0 Å². The van der Waals surface area contributed by atoms with Crippen LogP contribution in [0.2, 0.25) is 0 Å². The fraction of sp³-hybridized carbons (Fsp3) is 0.961. The standard InChI is InChI=1S/C51H99NO5/c1-5-8-11-14-20-27-38-49(39-28-21-15-12-9-6-2)57-51(54)41-30-23-17-19-26-35-47(52-48-36-31-43-55-44-32-37-48)34-25-18-16-22-29-40-50(53)56-45-42-46(4)33-24-13-10-7-3/h46-49,52H,5-45H2,1-4H3. The Bertz CT molecular complexity index is 843. The van der Waals surface area contributed by atoms with Crippen molar-refractivity contribution in [3.8, 4) is 0 Å². The smallest absolute Gasteiger partial charge is 0.306 e. The molecule has 1 aliphatic rings. The Morgan fingerprint density at radius 2 is 0.947 bits per heavy atom. The Labute approximate surface area is 355 Å². The number of carbonyl (C=O) groups is 2. The lowest BCUT2D eigenvalue weighted by molar-refractivity contribution is -0.150. The van der Waals surface area contributed by atoms with E-state index in [4.69, 9.17) is 14.2 Å². The van der Waals surface area contributed by atoms with Crippen LogP contribution < -0.4 is 5.32 Å². The lowest BCUT2D eigenvalue weighted by atomic mass is 9.97. The third-order valence-electron chi connectivity index (χ3n) is 12.5. The van der Waals surface area contributed by atoms with Crippen molar-refractivity contribution in [1.82, 2.24) is 5.32 Å². The Balaban J connectivity index is 2.31. The molecular formula is C51H99NO5. The van der Waals surface area contributed by atoms with Crippen LogP contribution in [0.3, 0.4) is 0 Å². The SMILES string of the molecule is CCCCCCCCC(CCCCCCCC)OC(=O)CCCCCCCC(CCCCCCCC(=O)OCCC(C)CCCCCC)NC1CCCOCCC1. The number of nitrogens with one attached hydrogen (secondary N) is 1. The predicted octanol–water partition coefficient (Wildman–Crippen LogP) is 15.3. The molecule has 0 bridgehead atoms. The van der Waals surface area contributed by atoms with E-state index in [1.165, 1.54) is 173 Å². The third kappa shape index (κ3) is 36.4. The first kappa shape index (κ1) is 53.9. The monoisotopic (exact) mass is 806 g/mol. The number of ether oxygens (including phenoxy) is 3. The van der Waals surface area contributed by atoms with Gasteiger partial charge in [0.1, 0.15) is 6.10 Å². The van der Waals surface area contributed by atoms with Gasteiger partial charge in [0.25, 0.3) is 0 Å². The molecule has 2 unspecified atom stereocenters. The van der Waals surface area contributed by atoms with E-state index in [0.717, 1.165) is 71.0 Å². The Morgan fingerprint density at radius 1 is 0.526 bits per heavy atom. The Morgan fingerprint density at radius 3 is 1.47 bits per heavy atom. The van der Waals surface area contributed by atoms with Crippen molar-refractivity contribution in [3.05, 3.63) is 0 Å². The number of hydrogen-bond acceptors (Lipinski definition) is 6. The van der Waals surface area contributed by atoms with Crippen LogP contribution in [0.1, 0.15) is 272 Å². The molecule has 1 fully saturated rings. The van der Waals surface area contributed by atoms with E-state index in [-0.39, 0.29) is 18.0 Å². The molecule has 1 saturated heterocycles. The minimum Gasteiger partial charge on any atom is -0.466 e. The second-order valence-electron chi connectivity index (χ2n) is 18.3. The van der Waals surface area contributed by atoms with Gasteiger partial charge in [-0.3, -0.25) is 9.59 Å². The van der Waals surface area contributed by atoms with Crippen molar-refractivity contribution in [3.63, 3.8) is 0 Å². The van der Waals surface area contributed by atoms with E-state index in [0.29, 0.717) is 37.5 Å². The van der Waals surface area contributed by atoms with E-state index >= 15 is 0 Å². The highest BCUT2D eigenvalue weighted by molar-refractivity contribution is 5.69. The van der Waals surface area contributed by atoms with Crippen molar-refractivity contribution in [1.29, 1.82) is 0 Å². The molecule has 1 aliphatic heterocycles. The highest BCUT2D eigenvalue weighted by atomic mass is 16.5. The molecular weight excluding hydrogens is 707 g/mol. The molecule has 57 heavy (non-hydrogen) atoms. The summed E-state index contributed by atoms with van der Waals surface area (Å²) in [5.74, 6) is 0.681. The largest absolute Gasteiger partial charge is 0.466 e. The van der Waals surface area contributed by atoms with Crippen molar-refractivity contribution in [2.45, 2.75) is 290 Å². The van der Waals surface area contributed by atoms with Gasteiger partial charge in [-0.1, -0.05) is 175 Å². The van der Waals surface area contributed by atoms with Crippen LogP contribution in [0.15, 0.2) is 0 Å². The van der Waals surface area contributed by atoms with Gasteiger partial charge in [0.05, 0.1) is 6.61 Å². The van der Waals surface area contributed by atoms with Crippen molar-refractivity contribution < 1.29 is 23.8 Å². The molecule has 0 aromatic carbocycles. The molecule has 0 radical (unpaired) electrons. The van der Waals surface area contributed by atoms with Crippen LogP contribution in [0.4, 0.5) is 0 Å². The fourth-order valence-electron chi connectivity index (χ4n) is 8.62. The molecule has 0 saturated carbocycles. The summed E-state index contributed by atoms with van der Waals surface area (Å²) >= 11 is 0. The first-order chi connectivity index (χ1) is 28.0. The molecule has 1 N–H and O–H groups in total. The maximum atomic E-state index is 12.9. The second kappa shape index (κ2) is 41.6. The zero-order chi connectivity index (χ0) is 41.3. The normalized spacial score (nSPS) is 15.0. The summed E-state index contributed by atoms with van der Waals surface area (Å²) in [4.78, 5) is 25.1. The van der Waals surface area contributed by atoms with Gasteiger partial charge >= 0.3 is 11.9 Å². The van der Waals surface area contributed by atoms with E-state index in [2.05, 4.69) is 33.0 Å². The van der Waals surface area contributed by atoms with Gasteiger partial charge in [0.2, 0.25) is 0 Å². The number of hydrogen-bond donors (Lipinski definition) is 1. The van der Waals surface area contributed by atoms with Crippen molar-refractivity contribution >= 4 is 11.9 Å². The Hall–Kier alpha value is -1.14. The number of rotatable bonds is 41. The summed E-state index contributed by atoms with van der Waals surface area (Å²) in [5.41, 5.74) is 0. The maximum absolute atomic E-state index is 12.9. The summed E-state index contributed by atoms with van der Waals surface area (Å²) in [7, 11) is 0. The molecule has 1 heterocycles. The van der Waals surface area contributed by atoms with Gasteiger partial charge in [-0.15, -0.1) is 0 Å². The molecule has 0 spiro atoms. The van der Waals surface area contributed by atoms with Gasteiger partial charge in [-0.05, 0) is 89.4 Å². The molecule has 6 nitrogen and oxygen atoms in total. The zero-order valence-corrected chi connectivity index (χ0v) is 38.8. The summed E-state index contributed by atoms with van der Waals surface area (Å²) in [6.07, 6.45) is 45.2. The predicted molar refractivity (Wildman–Crippen MR) is 244 cm³/mol. The molecule has 338 valence electrons. The Kier molecular flexibility index (Phi) is 39.3. The minimum absolute atomic E-state index is 0.00627. The van der Waals surface area contributed by atoms with Gasteiger partial charge in [0.15, 0.2) is 0 Å². The number of esters is 2. The van der Waals surface area contributed by atoms with Gasteiger partial charge in [0, 0.05) is 38.1 Å². The zero-order valence-electron chi connectivity index (χ0n) is 38.8. The van der Waals surface area contributed by atoms with Crippen LogP contribution in [-0.4, -0.2) is 49.9 Å². The molecule has 0 aromatic heterocycles. The van der Waals surface area contributed by atoms with Crippen molar-refractivity contribution in [2.24, 2.45) is 5.92 Å². The lowest BCUT2D eigenvalue weighted by Crippen LogP contribution is -2.39. The van der Waals surface area contributed by atoms with Crippen LogP contribution >= 0.6 is 0 Å². The van der Waals surface area contributed by atoms with Crippen LogP contribution in [0.25, 0.3) is 0 Å². The van der Waals surface area contributed by atoms with Crippen LogP contribution in [0.5, 0.6) is 0 Å². The first-order valence-electron chi connectivity index (χ1n) is 25.7. The molecule has 0 aliphatic carbocycles. The molecule has 6 heteroatoms. The van der Waals surface area contributed by atoms with Gasteiger partial charge < -0.3 is 19.5 Å². The van der Waals surface area contributed by atoms with E-state index in [1.807, 2.05) is 0 Å². The highest BCUT2D eigenvalue weighted by Gasteiger charge is 2.18. The van der Waals surface area contributed by atoms with Crippen LogP contribution in [0, 0.1) is 5.92 Å².